The van der Waals surface area contributed by atoms with E-state index >= 15 is 0 Å². The first-order chi connectivity index (χ1) is 8.53. The van der Waals surface area contributed by atoms with E-state index in [9.17, 15) is 5.11 Å². The zero-order valence-corrected chi connectivity index (χ0v) is 11.9. The van der Waals surface area contributed by atoms with Gasteiger partial charge in [0.25, 0.3) is 0 Å². The van der Waals surface area contributed by atoms with E-state index in [0.29, 0.717) is 0 Å². The highest BCUT2D eigenvalue weighted by atomic mass is 16.5. The summed E-state index contributed by atoms with van der Waals surface area (Å²) in [6.07, 6.45) is 1.86. The number of hydrogen-bond donors (Lipinski definition) is 2. The van der Waals surface area contributed by atoms with E-state index in [-0.39, 0.29) is 18.2 Å². The van der Waals surface area contributed by atoms with Crippen LogP contribution in [0, 0.1) is 0 Å². The molecule has 0 saturated heterocycles. The average Bonchev–Trinajstić information content (AvgIpc) is 2.39. The van der Waals surface area contributed by atoms with E-state index in [2.05, 4.69) is 24.4 Å². The third-order valence-corrected chi connectivity index (χ3v) is 3.36. The molecule has 3 heteroatoms. The quantitative estimate of drug-likeness (QED) is 0.782. The third kappa shape index (κ3) is 4.31. The highest BCUT2D eigenvalue weighted by molar-refractivity contribution is 5.27. The minimum absolute atomic E-state index is 0.0575. The number of ether oxygens (including phenoxy) is 1. The zero-order chi connectivity index (χ0) is 13.6. The minimum Gasteiger partial charge on any atom is -0.491 e. The predicted octanol–water partition coefficient (Wildman–Crippen LogP) is 2.38. The molecule has 0 amide bonds. The Morgan fingerprint density at radius 2 is 1.94 bits per heavy atom. The van der Waals surface area contributed by atoms with Crippen molar-refractivity contribution in [3.63, 3.8) is 0 Å². The Labute approximate surface area is 110 Å². The molecular formula is C15H25NO2. The fourth-order valence-corrected chi connectivity index (χ4v) is 1.96. The lowest BCUT2D eigenvalue weighted by atomic mass is 9.96. The first-order valence-electron chi connectivity index (χ1n) is 6.58. The molecular weight excluding hydrogens is 226 g/mol. The van der Waals surface area contributed by atoms with Gasteiger partial charge >= 0.3 is 0 Å². The summed E-state index contributed by atoms with van der Waals surface area (Å²) in [5.74, 6) is 0.885. The Hall–Kier alpha value is -1.06. The van der Waals surface area contributed by atoms with Gasteiger partial charge in [0.15, 0.2) is 0 Å². The van der Waals surface area contributed by atoms with Crippen molar-refractivity contribution in [3.05, 3.63) is 29.8 Å². The summed E-state index contributed by atoms with van der Waals surface area (Å²) in [6.45, 7) is 6.26. The number of likely N-dealkylation sites (N-methyl/N-ethyl adjacent to an activating group) is 1. The van der Waals surface area contributed by atoms with Gasteiger partial charge in [0.1, 0.15) is 5.75 Å². The van der Waals surface area contributed by atoms with Crippen molar-refractivity contribution >= 4 is 0 Å². The van der Waals surface area contributed by atoms with Crippen LogP contribution < -0.4 is 10.1 Å². The summed E-state index contributed by atoms with van der Waals surface area (Å²) in [5, 5.41) is 12.5. The molecule has 0 saturated carbocycles. The third-order valence-electron chi connectivity index (χ3n) is 3.36. The van der Waals surface area contributed by atoms with Crippen LogP contribution in [-0.2, 0) is 6.42 Å². The van der Waals surface area contributed by atoms with Gasteiger partial charge in [0, 0.05) is 12.0 Å². The Morgan fingerprint density at radius 3 is 2.39 bits per heavy atom. The molecule has 0 bridgehead atoms. The van der Waals surface area contributed by atoms with Gasteiger partial charge in [-0.15, -0.1) is 0 Å². The summed E-state index contributed by atoms with van der Waals surface area (Å²) >= 11 is 0. The van der Waals surface area contributed by atoms with E-state index in [0.717, 1.165) is 18.6 Å². The first-order valence-corrected chi connectivity index (χ1v) is 6.58. The van der Waals surface area contributed by atoms with Crippen LogP contribution in [0.25, 0.3) is 0 Å². The lowest BCUT2D eigenvalue weighted by molar-refractivity contribution is 0.115. The molecule has 0 aliphatic rings. The molecule has 0 spiro atoms. The predicted molar refractivity (Wildman–Crippen MR) is 75.1 cm³/mol. The van der Waals surface area contributed by atoms with Gasteiger partial charge in [-0.3, -0.25) is 0 Å². The lowest BCUT2D eigenvalue weighted by Gasteiger charge is -2.30. The van der Waals surface area contributed by atoms with Gasteiger partial charge in [-0.05, 0) is 45.0 Å². The fourth-order valence-electron chi connectivity index (χ4n) is 1.96. The average molecular weight is 251 g/mol. The maximum atomic E-state index is 9.35. The zero-order valence-electron chi connectivity index (χ0n) is 11.9. The Bertz CT molecular complexity index is 344. The summed E-state index contributed by atoms with van der Waals surface area (Å²) in [6, 6.07) is 8.19. The van der Waals surface area contributed by atoms with Gasteiger partial charge in [-0.1, -0.05) is 19.1 Å². The van der Waals surface area contributed by atoms with Gasteiger partial charge < -0.3 is 15.2 Å². The van der Waals surface area contributed by atoms with Crippen LogP contribution in [0.3, 0.4) is 0 Å². The number of aliphatic hydroxyl groups excluding tert-OH is 1. The van der Waals surface area contributed by atoms with Crippen LogP contribution in [0.2, 0.25) is 0 Å². The number of rotatable bonds is 7. The van der Waals surface area contributed by atoms with Crippen LogP contribution in [0.15, 0.2) is 24.3 Å². The van der Waals surface area contributed by atoms with Crippen LogP contribution in [-0.4, -0.2) is 30.4 Å². The molecule has 18 heavy (non-hydrogen) atoms. The number of benzene rings is 1. The molecule has 0 aromatic heterocycles. The van der Waals surface area contributed by atoms with Crippen LogP contribution in [0.4, 0.5) is 0 Å². The summed E-state index contributed by atoms with van der Waals surface area (Å²) < 4.78 is 5.86. The van der Waals surface area contributed by atoms with Crippen molar-refractivity contribution in [2.24, 2.45) is 0 Å². The fraction of sp³-hybridized carbons (Fsp3) is 0.600. The smallest absolute Gasteiger partial charge is 0.119 e. The molecule has 2 N–H and O–H groups in total. The van der Waals surface area contributed by atoms with E-state index in [1.165, 1.54) is 5.56 Å². The second kappa shape index (κ2) is 6.76. The van der Waals surface area contributed by atoms with Crippen LogP contribution in [0.5, 0.6) is 5.75 Å². The molecule has 1 rings (SSSR count). The lowest BCUT2D eigenvalue weighted by Crippen LogP contribution is -2.46. The van der Waals surface area contributed by atoms with Crippen molar-refractivity contribution in [2.75, 3.05) is 13.7 Å². The summed E-state index contributed by atoms with van der Waals surface area (Å²) in [7, 11) is 1.86. The van der Waals surface area contributed by atoms with Crippen molar-refractivity contribution in [1.29, 1.82) is 0 Å². The molecule has 102 valence electrons. The second-order valence-electron chi connectivity index (χ2n) is 5.10. The normalized spacial score (nSPS) is 16.1. The van der Waals surface area contributed by atoms with Gasteiger partial charge in [-0.2, -0.15) is 0 Å². The molecule has 1 aromatic carbocycles. The number of nitrogens with one attached hydrogen (secondary N) is 1. The van der Waals surface area contributed by atoms with Crippen LogP contribution >= 0.6 is 0 Å². The molecule has 0 aliphatic heterocycles. The molecule has 0 fully saturated rings. The van der Waals surface area contributed by atoms with E-state index in [1.807, 2.05) is 33.0 Å². The Kier molecular flexibility index (Phi) is 5.63. The standard InChI is InChI=1S/C15H25NO2/c1-5-13-6-8-14(9-7-13)18-12(2)10-15(3,11-17)16-4/h6-9,12,16-17H,5,10-11H2,1-4H3. The molecule has 1 aromatic rings. The van der Waals surface area contributed by atoms with E-state index in [1.54, 1.807) is 0 Å². The molecule has 3 nitrogen and oxygen atoms in total. The van der Waals surface area contributed by atoms with Gasteiger partial charge in [0.2, 0.25) is 0 Å². The van der Waals surface area contributed by atoms with Gasteiger partial charge in [0.05, 0.1) is 12.7 Å². The molecule has 2 unspecified atom stereocenters. The topological polar surface area (TPSA) is 41.5 Å². The highest BCUT2D eigenvalue weighted by Crippen LogP contribution is 2.18. The summed E-state index contributed by atoms with van der Waals surface area (Å²) in [5.41, 5.74) is 1.02. The largest absolute Gasteiger partial charge is 0.491 e. The SMILES string of the molecule is CCc1ccc(OC(C)CC(C)(CO)NC)cc1. The van der Waals surface area contributed by atoms with Crippen molar-refractivity contribution < 1.29 is 9.84 Å². The Morgan fingerprint density at radius 1 is 1.33 bits per heavy atom. The minimum atomic E-state index is -0.289. The van der Waals surface area contributed by atoms with Crippen LogP contribution in [0.1, 0.15) is 32.8 Å². The first kappa shape index (κ1) is 15.0. The van der Waals surface area contributed by atoms with Crippen molar-refractivity contribution in [3.8, 4) is 5.75 Å². The molecule has 2 atom stereocenters. The molecule has 0 radical (unpaired) electrons. The van der Waals surface area contributed by atoms with Crippen molar-refractivity contribution in [2.45, 2.75) is 45.3 Å². The number of aryl methyl sites for hydroxylation is 1. The Balaban J connectivity index is 2.55. The number of hydrogen-bond acceptors (Lipinski definition) is 3. The second-order valence-corrected chi connectivity index (χ2v) is 5.10. The molecule has 0 heterocycles. The van der Waals surface area contributed by atoms with E-state index in [4.69, 9.17) is 4.74 Å². The maximum Gasteiger partial charge on any atom is 0.119 e. The monoisotopic (exact) mass is 251 g/mol. The van der Waals surface area contributed by atoms with Crippen molar-refractivity contribution in [1.82, 2.24) is 5.32 Å². The van der Waals surface area contributed by atoms with E-state index < -0.39 is 0 Å². The molecule has 0 aliphatic carbocycles. The maximum absolute atomic E-state index is 9.35. The summed E-state index contributed by atoms with van der Waals surface area (Å²) in [4.78, 5) is 0. The van der Waals surface area contributed by atoms with Gasteiger partial charge in [-0.25, -0.2) is 0 Å². The number of aliphatic hydroxyl groups is 1. The highest BCUT2D eigenvalue weighted by Gasteiger charge is 2.24.